The van der Waals surface area contributed by atoms with E-state index in [0.717, 1.165) is 4.88 Å². The van der Waals surface area contributed by atoms with Gasteiger partial charge in [-0.1, -0.05) is 6.07 Å². The Balaban J connectivity index is 2.98. The van der Waals surface area contributed by atoms with E-state index >= 15 is 0 Å². The summed E-state index contributed by atoms with van der Waals surface area (Å²) in [5.41, 5.74) is -0.914. The molecule has 0 aliphatic rings. The fraction of sp³-hybridized carbons (Fsp3) is 0.444. The maximum atomic E-state index is 11.0. The van der Waals surface area contributed by atoms with Gasteiger partial charge in [0.15, 0.2) is 0 Å². The normalized spacial score (nSPS) is 15.2. The lowest BCUT2D eigenvalue weighted by atomic mass is 9.90. The van der Waals surface area contributed by atoms with Crippen LogP contribution in [0.15, 0.2) is 17.5 Å². The third kappa shape index (κ3) is 1.89. The molecule has 1 aromatic heterocycles. The molecule has 0 aliphatic carbocycles. The monoisotopic (exact) mass is 200 g/mol. The molecule has 72 valence electrons. The number of carboxylic acid groups (broad SMARTS) is 1. The first kappa shape index (κ1) is 10.2. The van der Waals surface area contributed by atoms with Crippen molar-refractivity contribution in [1.82, 2.24) is 0 Å². The zero-order chi connectivity index (χ0) is 9.90. The number of thiophene rings is 1. The molecular weight excluding hydrogens is 188 g/mol. The molecular formula is C9H12O3S. The van der Waals surface area contributed by atoms with Crippen LogP contribution >= 0.6 is 11.3 Å². The third-order valence-electron chi connectivity index (χ3n) is 1.97. The van der Waals surface area contributed by atoms with Crippen LogP contribution in [-0.2, 0) is 14.9 Å². The van der Waals surface area contributed by atoms with Crippen molar-refractivity contribution in [2.24, 2.45) is 0 Å². The molecule has 0 amide bonds. The van der Waals surface area contributed by atoms with Crippen LogP contribution in [0.2, 0.25) is 0 Å². The molecule has 0 fully saturated rings. The second kappa shape index (κ2) is 3.89. The maximum Gasteiger partial charge on any atom is 0.317 e. The molecule has 0 radical (unpaired) electrons. The van der Waals surface area contributed by atoms with E-state index in [2.05, 4.69) is 0 Å². The molecule has 1 N–H and O–H groups in total. The lowest BCUT2D eigenvalue weighted by Crippen LogP contribution is -2.36. The highest BCUT2D eigenvalue weighted by atomic mass is 32.1. The minimum absolute atomic E-state index is 0.197. The van der Waals surface area contributed by atoms with Gasteiger partial charge in [-0.05, 0) is 18.4 Å². The first-order chi connectivity index (χ1) is 6.11. The Labute approximate surface area is 81.0 Å². The van der Waals surface area contributed by atoms with E-state index in [1.54, 1.807) is 6.92 Å². The summed E-state index contributed by atoms with van der Waals surface area (Å²) in [7, 11) is 1.51. The lowest BCUT2D eigenvalue weighted by Gasteiger charge is -2.21. The highest BCUT2D eigenvalue weighted by Crippen LogP contribution is 2.28. The number of carbonyl (C=O) groups is 1. The summed E-state index contributed by atoms with van der Waals surface area (Å²) in [6.45, 7) is 1.87. The molecule has 1 unspecified atom stereocenters. The summed E-state index contributed by atoms with van der Waals surface area (Å²) in [6, 6.07) is 3.66. The van der Waals surface area contributed by atoms with Crippen molar-refractivity contribution in [3.05, 3.63) is 22.4 Å². The van der Waals surface area contributed by atoms with Crippen LogP contribution in [-0.4, -0.2) is 24.8 Å². The Hall–Kier alpha value is -0.870. The number of hydrogen-bond donors (Lipinski definition) is 1. The van der Waals surface area contributed by atoms with E-state index in [-0.39, 0.29) is 6.61 Å². The van der Waals surface area contributed by atoms with Gasteiger partial charge in [0.05, 0.1) is 6.61 Å². The SMILES string of the molecule is COCC(C)(C(=O)O)c1cccs1. The van der Waals surface area contributed by atoms with Gasteiger partial charge >= 0.3 is 5.97 Å². The van der Waals surface area contributed by atoms with E-state index in [1.807, 2.05) is 17.5 Å². The zero-order valence-corrected chi connectivity index (χ0v) is 8.43. The number of ether oxygens (including phenoxy) is 1. The molecule has 0 bridgehead atoms. The number of rotatable bonds is 4. The van der Waals surface area contributed by atoms with Crippen molar-refractivity contribution in [2.75, 3.05) is 13.7 Å². The van der Waals surface area contributed by atoms with E-state index in [4.69, 9.17) is 9.84 Å². The van der Waals surface area contributed by atoms with Crippen molar-refractivity contribution in [1.29, 1.82) is 0 Å². The highest BCUT2D eigenvalue weighted by Gasteiger charge is 2.36. The average molecular weight is 200 g/mol. The molecule has 4 heteroatoms. The Morgan fingerprint density at radius 1 is 1.77 bits per heavy atom. The Morgan fingerprint density at radius 2 is 2.46 bits per heavy atom. The molecule has 1 rings (SSSR count). The molecule has 1 heterocycles. The summed E-state index contributed by atoms with van der Waals surface area (Å²) in [6.07, 6.45) is 0. The average Bonchev–Trinajstić information content (AvgIpc) is 2.56. The van der Waals surface area contributed by atoms with Crippen molar-refractivity contribution in [3.8, 4) is 0 Å². The first-order valence-corrected chi connectivity index (χ1v) is 4.75. The highest BCUT2D eigenvalue weighted by molar-refractivity contribution is 7.10. The number of aliphatic carboxylic acids is 1. The van der Waals surface area contributed by atoms with Crippen LogP contribution in [0.4, 0.5) is 0 Å². The molecule has 3 nitrogen and oxygen atoms in total. The largest absolute Gasteiger partial charge is 0.480 e. The van der Waals surface area contributed by atoms with E-state index in [9.17, 15) is 4.79 Å². The van der Waals surface area contributed by atoms with E-state index < -0.39 is 11.4 Å². The second-order valence-corrected chi connectivity index (χ2v) is 4.00. The van der Waals surface area contributed by atoms with Crippen molar-refractivity contribution < 1.29 is 14.6 Å². The van der Waals surface area contributed by atoms with Gasteiger partial charge in [0.25, 0.3) is 0 Å². The summed E-state index contributed by atoms with van der Waals surface area (Å²) in [5.74, 6) is -0.850. The van der Waals surface area contributed by atoms with Crippen molar-refractivity contribution in [2.45, 2.75) is 12.3 Å². The van der Waals surface area contributed by atoms with Crippen LogP contribution in [0, 0.1) is 0 Å². The molecule has 13 heavy (non-hydrogen) atoms. The predicted octanol–water partition coefficient (Wildman–Crippen LogP) is 1.74. The predicted molar refractivity (Wildman–Crippen MR) is 51.2 cm³/mol. The standard InChI is InChI=1S/C9H12O3S/c1-9(6-12-2,8(10)11)7-4-3-5-13-7/h3-5H,6H2,1-2H3,(H,10,11). The molecule has 0 aromatic carbocycles. The molecule has 1 atom stereocenters. The first-order valence-electron chi connectivity index (χ1n) is 3.87. The minimum atomic E-state index is -0.914. The fourth-order valence-corrected chi connectivity index (χ4v) is 1.99. The van der Waals surface area contributed by atoms with Gasteiger partial charge in [-0.15, -0.1) is 11.3 Å². The van der Waals surface area contributed by atoms with Gasteiger partial charge in [-0.25, -0.2) is 0 Å². The summed E-state index contributed by atoms with van der Waals surface area (Å²) in [5, 5.41) is 10.9. The summed E-state index contributed by atoms with van der Waals surface area (Å²) < 4.78 is 4.92. The van der Waals surface area contributed by atoms with Crippen LogP contribution in [0.3, 0.4) is 0 Å². The summed E-state index contributed by atoms with van der Waals surface area (Å²) in [4.78, 5) is 11.9. The Kier molecular flexibility index (Phi) is 3.06. The number of methoxy groups -OCH3 is 1. The minimum Gasteiger partial charge on any atom is -0.480 e. The quantitative estimate of drug-likeness (QED) is 0.805. The van der Waals surface area contributed by atoms with Gasteiger partial charge in [0.1, 0.15) is 5.41 Å². The topological polar surface area (TPSA) is 46.5 Å². The van der Waals surface area contributed by atoms with Crippen molar-refractivity contribution >= 4 is 17.3 Å². The number of carboxylic acids is 1. The number of hydrogen-bond acceptors (Lipinski definition) is 3. The Bertz CT molecular complexity index is 281. The fourth-order valence-electron chi connectivity index (χ4n) is 1.12. The summed E-state index contributed by atoms with van der Waals surface area (Å²) >= 11 is 1.44. The molecule has 0 spiro atoms. The third-order valence-corrected chi connectivity index (χ3v) is 3.10. The van der Waals surface area contributed by atoms with Gasteiger partial charge in [-0.3, -0.25) is 4.79 Å². The zero-order valence-electron chi connectivity index (χ0n) is 7.61. The van der Waals surface area contributed by atoms with E-state index in [1.165, 1.54) is 18.4 Å². The van der Waals surface area contributed by atoms with Crippen LogP contribution in [0.5, 0.6) is 0 Å². The second-order valence-electron chi connectivity index (χ2n) is 3.05. The van der Waals surface area contributed by atoms with Gasteiger partial charge in [-0.2, -0.15) is 0 Å². The lowest BCUT2D eigenvalue weighted by molar-refractivity contribution is -0.145. The van der Waals surface area contributed by atoms with Gasteiger partial charge < -0.3 is 9.84 Å². The van der Waals surface area contributed by atoms with E-state index in [0.29, 0.717) is 0 Å². The van der Waals surface area contributed by atoms with Gasteiger partial charge in [0.2, 0.25) is 0 Å². The molecule has 0 aliphatic heterocycles. The van der Waals surface area contributed by atoms with Crippen LogP contribution in [0.25, 0.3) is 0 Å². The Morgan fingerprint density at radius 3 is 2.85 bits per heavy atom. The van der Waals surface area contributed by atoms with Crippen LogP contribution in [0.1, 0.15) is 11.8 Å². The molecule has 1 aromatic rings. The van der Waals surface area contributed by atoms with Crippen molar-refractivity contribution in [3.63, 3.8) is 0 Å². The van der Waals surface area contributed by atoms with Crippen LogP contribution < -0.4 is 0 Å². The molecule has 0 saturated carbocycles. The molecule has 0 saturated heterocycles. The smallest absolute Gasteiger partial charge is 0.317 e. The maximum absolute atomic E-state index is 11.0. The van der Waals surface area contributed by atoms with Gasteiger partial charge in [0, 0.05) is 12.0 Å².